The van der Waals surface area contributed by atoms with Gasteiger partial charge < -0.3 is 14.4 Å². The molecule has 5 nitrogen and oxygen atoms in total. The maximum Gasteiger partial charge on any atom is 0.337 e. The van der Waals surface area contributed by atoms with Gasteiger partial charge in [0.15, 0.2) is 0 Å². The molecule has 0 amide bonds. The first-order chi connectivity index (χ1) is 11.7. The largest absolute Gasteiger partial charge is 0.465 e. The normalized spacial score (nSPS) is 21.8. The first-order valence-corrected chi connectivity index (χ1v) is 8.60. The Labute approximate surface area is 142 Å². The predicted octanol–water partition coefficient (Wildman–Crippen LogP) is 3.59. The van der Waals surface area contributed by atoms with Crippen molar-refractivity contribution in [2.75, 3.05) is 7.11 Å². The highest BCUT2D eigenvalue weighted by molar-refractivity contribution is 5.89. The van der Waals surface area contributed by atoms with Crippen LogP contribution < -0.4 is 0 Å². The van der Waals surface area contributed by atoms with Gasteiger partial charge in [-0.05, 0) is 25.0 Å². The summed E-state index contributed by atoms with van der Waals surface area (Å²) in [6.45, 7) is 0. The molecule has 1 aromatic heterocycles. The van der Waals surface area contributed by atoms with Crippen LogP contribution in [-0.2, 0) is 4.74 Å². The number of aliphatic hydroxyl groups excluding tert-OH is 1. The number of carbonyl (C=O) groups excluding carboxylic acids is 1. The van der Waals surface area contributed by atoms with Crippen molar-refractivity contribution in [1.29, 1.82) is 0 Å². The van der Waals surface area contributed by atoms with E-state index < -0.39 is 0 Å². The zero-order chi connectivity index (χ0) is 16.9. The molecule has 0 bridgehead atoms. The second kappa shape index (κ2) is 7.62. The number of aliphatic hydroxyl groups is 1. The summed E-state index contributed by atoms with van der Waals surface area (Å²) < 4.78 is 6.82. The Kier molecular flexibility index (Phi) is 5.30. The smallest absolute Gasteiger partial charge is 0.337 e. The lowest BCUT2D eigenvalue weighted by molar-refractivity contribution is 0.0600. The zero-order valence-corrected chi connectivity index (χ0v) is 14.0. The van der Waals surface area contributed by atoms with Crippen molar-refractivity contribution in [1.82, 2.24) is 9.55 Å². The fourth-order valence-electron chi connectivity index (χ4n) is 3.45. The van der Waals surface area contributed by atoms with Gasteiger partial charge in [0, 0.05) is 18.0 Å². The van der Waals surface area contributed by atoms with E-state index in [4.69, 9.17) is 4.74 Å². The number of esters is 1. The monoisotopic (exact) mass is 328 g/mol. The van der Waals surface area contributed by atoms with E-state index in [0.29, 0.717) is 5.56 Å². The van der Waals surface area contributed by atoms with Gasteiger partial charge in [-0.3, -0.25) is 0 Å². The molecule has 1 fully saturated rings. The standard InChI is InChI=1S/C19H24N2O3/c1-24-19(23)15-10-8-14(9-11-15)18-20-12-13-21(18)16-6-4-2-3-5-7-17(16)22/h8-13,16-17,22H,2-7H2,1H3/t16-,17-/m1/s1. The van der Waals surface area contributed by atoms with Crippen LogP contribution in [0.5, 0.6) is 0 Å². The van der Waals surface area contributed by atoms with Crippen LogP contribution in [0.1, 0.15) is 54.9 Å². The number of carbonyl (C=O) groups is 1. The topological polar surface area (TPSA) is 64.3 Å². The van der Waals surface area contributed by atoms with E-state index in [-0.39, 0.29) is 18.1 Å². The van der Waals surface area contributed by atoms with Crippen molar-refractivity contribution >= 4 is 5.97 Å². The van der Waals surface area contributed by atoms with E-state index in [0.717, 1.165) is 37.1 Å². The van der Waals surface area contributed by atoms with Crippen molar-refractivity contribution in [2.45, 2.75) is 50.7 Å². The predicted molar refractivity (Wildman–Crippen MR) is 91.7 cm³/mol. The Morgan fingerprint density at radius 1 is 1.17 bits per heavy atom. The fourth-order valence-corrected chi connectivity index (χ4v) is 3.45. The van der Waals surface area contributed by atoms with E-state index >= 15 is 0 Å². The van der Waals surface area contributed by atoms with Gasteiger partial charge in [0.05, 0.1) is 24.8 Å². The number of benzene rings is 1. The number of hydrogen-bond donors (Lipinski definition) is 1. The van der Waals surface area contributed by atoms with E-state index in [1.165, 1.54) is 20.0 Å². The van der Waals surface area contributed by atoms with Crippen LogP contribution in [0.2, 0.25) is 0 Å². The van der Waals surface area contributed by atoms with Crippen molar-refractivity contribution in [2.24, 2.45) is 0 Å². The maximum absolute atomic E-state index is 11.6. The molecular formula is C19H24N2O3. The summed E-state index contributed by atoms with van der Waals surface area (Å²) in [6, 6.07) is 7.30. The molecule has 1 saturated carbocycles. The molecule has 0 radical (unpaired) electrons. The molecule has 24 heavy (non-hydrogen) atoms. The fraction of sp³-hybridized carbons (Fsp3) is 0.474. The Balaban J connectivity index is 1.87. The number of aromatic nitrogens is 2. The summed E-state index contributed by atoms with van der Waals surface area (Å²) in [4.78, 5) is 16.0. The third-order valence-electron chi connectivity index (χ3n) is 4.78. The molecule has 1 heterocycles. The van der Waals surface area contributed by atoms with Gasteiger partial charge in [-0.15, -0.1) is 0 Å². The third kappa shape index (κ3) is 3.51. The quantitative estimate of drug-likeness (QED) is 0.875. The molecule has 2 aromatic rings. The Hall–Kier alpha value is -2.14. The first kappa shape index (κ1) is 16.7. The molecular weight excluding hydrogens is 304 g/mol. The molecule has 128 valence electrons. The summed E-state index contributed by atoms with van der Waals surface area (Å²) in [5, 5.41) is 10.6. The van der Waals surface area contributed by atoms with Crippen molar-refractivity contribution < 1.29 is 14.6 Å². The van der Waals surface area contributed by atoms with Crippen LogP contribution in [0, 0.1) is 0 Å². The minimum Gasteiger partial charge on any atom is -0.465 e. The van der Waals surface area contributed by atoms with Gasteiger partial charge in [0.25, 0.3) is 0 Å². The Morgan fingerprint density at radius 2 is 1.88 bits per heavy atom. The summed E-state index contributed by atoms with van der Waals surface area (Å²) in [7, 11) is 1.37. The van der Waals surface area contributed by atoms with Crippen molar-refractivity contribution in [3.63, 3.8) is 0 Å². The maximum atomic E-state index is 11.6. The summed E-state index contributed by atoms with van der Waals surface area (Å²) in [5.41, 5.74) is 1.45. The molecule has 0 spiro atoms. The summed E-state index contributed by atoms with van der Waals surface area (Å²) in [6.07, 6.45) is 9.81. The lowest BCUT2D eigenvalue weighted by Crippen LogP contribution is -2.25. The van der Waals surface area contributed by atoms with Gasteiger partial charge in [-0.1, -0.05) is 37.8 Å². The molecule has 1 N–H and O–H groups in total. The molecule has 0 aliphatic heterocycles. The number of rotatable bonds is 3. The van der Waals surface area contributed by atoms with Crippen molar-refractivity contribution in [3.8, 4) is 11.4 Å². The van der Waals surface area contributed by atoms with E-state index in [9.17, 15) is 9.90 Å². The molecule has 2 atom stereocenters. The minimum absolute atomic E-state index is 0.0584. The van der Waals surface area contributed by atoms with E-state index in [2.05, 4.69) is 9.55 Å². The van der Waals surface area contributed by atoms with E-state index in [1.54, 1.807) is 18.3 Å². The number of hydrogen-bond acceptors (Lipinski definition) is 4. The van der Waals surface area contributed by atoms with Crippen LogP contribution in [0.15, 0.2) is 36.7 Å². The highest BCUT2D eigenvalue weighted by atomic mass is 16.5. The lowest BCUT2D eigenvalue weighted by Gasteiger charge is -2.28. The van der Waals surface area contributed by atoms with Crippen LogP contribution in [0.4, 0.5) is 0 Å². The van der Waals surface area contributed by atoms with Crippen LogP contribution in [0.3, 0.4) is 0 Å². The number of ether oxygens (including phenoxy) is 1. The summed E-state index contributed by atoms with van der Waals surface area (Å²) in [5.74, 6) is 0.483. The molecule has 1 aliphatic carbocycles. The van der Waals surface area contributed by atoms with Gasteiger partial charge in [-0.25, -0.2) is 9.78 Å². The van der Waals surface area contributed by atoms with Crippen LogP contribution in [0.25, 0.3) is 11.4 Å². The van der Waals surface area contributed by atoms with Crippen molar-refractivity contribution in [3.05, 3.63) is 42.2 Å². The first-order valence-electron chi connectivity index (χ1n) is 8.60. The van der Waals surface area contributed by atoms with Crippen LogP contribution in [-0.4, -0.2) is 33.8 Å². The highest BCUT2D eigenvalue weighted by Gasteiger charge is 2.24. The Bertz CT molecular complexity index is 678. The molecule has 0 unspecified atom stereocenters. The minimum atomic E-state index is -0.347. The second-order valence-corrected chi connectivity index (χ2v) is 6.35. The highest BCUT2D eigenvalue weighted by Crippen LogP contribution is 2.31. The molecule has 1 aromatic carbocycles. The number of nitrogens with zero attached hydrogens (tertiary/aromatic N) is 2. The van der Waals surface area contributed by atoms with E-state index in [1.807, 2.05) is 18.3 Å². The van der Waals surface area contributed by atoms with Crippen LogP contribution >= 0.6 is 0 Å². The number of imidazole rings is 1. The molecule has 5 heteroatoms. The average molecular weight is 328 g/mol. The van der Waals surface area contributed by atoms with Gasteiger partial charge in [0.2, 0.25) is 0 Å². The Morgan fingerprint density at radius 3 is 2.58 bits per heavy atom. The van der Waals surface area contributed by atoms with Gasteiger partial charge in [-0.2, -0.15) is 0 Å². The average Bonchev–Trinajstić information content (AvgIpc) is 3.07. The third-order valence-corrected chi connectivity index (χ3v) is 4.78. The second-order valence-electron chi connectivity index (χ2n) is 6.35. The summed E-state index contributed by atoms with van der Waals surface area (Å²) >= 11 is 0. The van der Waals surface area contributed by atoms with Gasteiger partial charge >= 0.3 is 5.97 Å². The zero-order valence-electron chi connectivity index (χ0n) is 14.0. The molecule has 1 aliphatic rings. The lowest BCUT2D eigenvalue weighted by atomic mass is 9.94. The van der Waals surface area contributed by atoms with Gasteiger partial charge in [0.1, 0.15) is 5.82 Å². The molecule has 0 saturated heterocycles. The SMILES string of the molecule is COC(=O)c1ccc(-c2nccn2[C@@H]2CCCCCC[C@H]2O)cc1. The number of methoxy groups -OCH3 is 1. The molecule has 3 rings (SSSR count).